The molecule has 3 N–H and O–H groups in total. The lowest BCUT2D eigenvalue weighted by Gasteiger charge is -2.08. The van der Waals surface area contributed by atoms with Crippen LogP contribution in [0.2, 0.25) is 0 Å². The summed E-state index contributed by atoms with van der Waals surface area (Å²) in [4.78, 5) is 11.2. The molecule has 64 valence electrons. The first kappa shape index (κ1) is 8.53. The number of amides is 1. The lowest BCUT2D eigenvalue weighted by atomic mass is 10.2. The van der Waals surface area contributed by atoms with Crippen LogP contribution in [0.5, 0.6) is 0 Å². The molecule has 1 aliphatic carbocycles. The van der Waals surface area contributed by atoms with Crippen LogP contribution in [0.3, 0.4) is 0 Å². The van der Waals surface area contributed by atoms with Gasteiger partial charge in [0, 0.05) is 6.54 Å². The number of nitrogens with one attached hydrogen (secondary N) is 1. The first-order valence-corrected chi connectivity index (χ1v) is 4.26. The van der Waals surface area contributed by atoms with Crippen molar-refractivity contribution in [2.45, 2.75) is 38.1 Å². The fourth-order valence-corrected chi connectivity index (χ4v) is 0.916. The molecule has 0 radical (unpaired) electrons. The topological polar surface area (TPSA) is 55.1 Å². The van der Waals surface area contributed by atoms with E-state index in [1.54, 1.807) is 0 Å². The number of nitrogens with two attached hydrogens (primary N) is 1. The molecule has 0 aromatic rings. The number of hydrogen-bond donors (Lipinski definition) is 2. The highest BCUT2D eigenvalue weighted by Crippen LogP contribution is 2.31. The lowest BCUT2D eigenvalue weighted by Crippen LogP contribution is -2.42. The molecule has 1 amide bonds. The standard InChI is InChI=1S/C8H16N2O/c1-2-3-6-10-7(11)8(9)4-5-8/h2-6,9H2,1H3,(H,10,11). The molecule has 3 heteroatoms. The van der Waals surface area contributed by atoms with Gasteiger partial charge in [-0.15, -0.1) is 0 Å². The van der Waals surface area contributed by atoms with Gasteiger partial charge in [-0.3, -0.25) is 4.79 Å². The van der Waals surface area contributed by atoms with Crippen LogP contribution < -0.4 is 11.1 Å². The molecule has 1 rings (SSSR count). The first-order valence-electron chi connectivity index (χ1n) is 4.26. The van der Waals surface area contributed by atoms with Crippen molar-refractivity contribution in [3.63, 3.8) is 0 Å². The van der Waals surface area contributed by atoms with Gasteiger partial charge in [-0.25, -0.2) is 0 Å². The van der Waals surface area contributed by atoms with E-state index in [9.17, 15) is 4.79 Å². The van der Waals surface area contributed by atoms with Gasteiger partial charge < -0.3 is 11.1 Å². The molecular formula is C8H16N2O. The molecular weight excluding hydrogens is 140 g/mol. The summed E-state index contributed by atoms with van der Waals surface area (Å²) in [7, 11) is 0. The number of rotatable bonds is 4. The van der Waals surface area contributed by atoms with Crippen LogP contribution in [-0.2, 0) is 4.79 Å². The highest BCUT2D eigenvalue weighted by molar-refractivity contribution is 5.88. The Morgan fingerprint density at radius 2 is 2.27 bits per heavy atom. The van der Waals surface area contributed by atoms with Gasteiger partial charge in [0.05, 0.1) is 5.54 Å². The Morgan fingerprint density at radius 1 is 1.64 bits per heavy atom. The van der Waals surface area contributed by atoms with Crippen LogP contribution in [0.4, 0.5) is 0 Å². The Morgan fingerprint density at radius 3 is 2.73 bits per heavy atom. The van der Waals surface area contributed by atoms with Crippen molar-refractivity contribution in [2.24, 2.45) is 5.73 Å². The van der Waals surface area contributed by atoms with E-state index in [2.05, 4.69) is 12.2 Å². The Hall–Kier alpha value is -0.570. The zero-order valence-electron chi connectivity index (χ0n) is 7.02. The summed E-state index contributed by atoms with van der Waals surface area (Å²) >= 11 is 0. The van der Waals surface area contributed by atoms with Crippen molar-refractivity contribution in [3.8, 4) is 0 Å². The zero-order chi connectivity index (χ0) is 8.32. The summed E-state index contributed by atoms with van der Waals surface area (Å²) < 4.78 is 0. The van der Waals surface area contributed by atoms with Gasteiger partial charge in [0.25, 0.3) is 0 Å². The average Bonchev–Trinajstić information content (AvgIpc) is 2.70. The molecule has 0 atom stereocenters. The van der Waals surface area contributed by atoms with Crippen molar-refractivity contribution in [3.05, 3.63) is 0 Å². The number of unbranched alkanes of at least 4 members (excludes halogenated alkanes) is 1. The minimum absolute atomic E-state index is 0.0333. The van der Waals surface area contributed by atoms with Crippen molar-refractivity contribution >= 4 is 5.91 Å². The fourth-order valence-electron chi connectivity index (χ4n) is 0.916. The van der Waals surface area contributed by atoms with Crippen LogP contribution in [0, 0.1) is 0 Å². The molecule has 0 heterocycles. The van der Waals surface area contributed by atoms with Crippen LogP contribution in [0.15, 0.2) is 0 Å². The third-order valence-corrected chi connectivity index (χ3v) is 2.06. The van der Waals surface area contributed by atoms with E-state index in [0.29, 0.717) is 0 Å². The third-order valence-electron chi connectivity index (χ3n) is 2.06. The maximum Gasteiger partial charge on any atom is 0.240 e. The second-order valence-electron chi connectivity index (χ2n) is 3.27. The Kier molecular flexibility index (Phi) is 2.49. The van der Waals surface area contributed by atoms with Crippen molar-refractivity contribution in [1.29, 1.82) is 0 Å². The second-order valence-corrected chi connectivity index (χ2v) is 3.27. The van der Waals surface area contributed by atoms with Gasteiger partial charge in [-0.1, -0.05) is 13.3 Å². The predicted octanol–water partition coefficient (Wildman–Crippen LogP) is 0.394. The minimum Gasteiger partial charge on any atom is -0.355 e. The number of hydrogen-bond acceptors (Lipinski definition) is 2. The quantitative estimate of drug-likeness (QED) is 0.579. The fraction of sp³-hybridized carbons (Fsp3) is 0.875. The number of carbonyl (C=O) groups is 1. The summed E-state index contributed by atoms with van der Waals surface area (Å²) in [5, 5.41) is 2.82. The van der Waals surface area contributed by atoms with E-state index in [1.165, 1.54) is 0 Å². The predicted molar refractivity (Wildman–Crippen MR) is 44.1 cm³/mol. The summed E-state index contributed by atoms with van der Waals surface area (Å²) in [6.45, 7) is 2.87. The normalized spacial score (nSPS) is 19.5. The first-order chi connectivity index (χ1) is 5.19. The summed E-state index contributed by atoms with van der Waals surface area (Å²) in [6, 6.07) is 0. The summed E-state index contributed by atoms with van der Waals surface area (Å²) in [5.41, 5.74) is 5.17. The number of carbonyl (C=O) groups excluding carboxylic acids is 1. The van der Waals surface area contributed by atoms with Crippen LogP contribution in [0.25, 0.3) is 0 Å². The average molecular weight is 156 g/mol. The molecule has 3 nitrogen and oxygen atoms in total. The van der Waals surface area contributed by atoms with E-state index in [0.717, 1.165) is 32.2 Å². The molecule has 1 fully saturated rings. The second kappa shape index (κ2) is 3.22. The minimum atomic E-state index is -0.492. The highest BCUT2D eigenvalue weighted by Gasteiger charge is 2.45. The Labute approximate surface area is 67.3 Å². The highest BCUT2D eigenvalue weighted by atomic mass is 16.2. The van der Waals surface area contributed by atoms with Crippen LogP contribution in [-0.4, -0.2) is 18.0 Å². The van der Waals surface area contributed by atoms with Crippen LogP contribution >= 0.6 is 0 Å². The SMILES string of the molecule is CCCCNC(=O)C1(N)CC1. The van der Waals surface area contributed by atoms with E-state index >= 15 is 0 Å². The molecule has 0 aliphatic heterocycles. The molecule has 0 unspecified atom stereocenters. The van der Waals surface area contributed by atoms with Gasteiger partial charge in [0.1, 0.15) is 0 Å². The molecule has 0 bridgehead atoms. The molecule has 11 heavy (non-hydrogen) atoms. The van der Waals surface area contributed by atoms with Gasteiger partial charge in [0.2, 0.25) is 5.91 Å². The summed E-state index contributed by atoms with van der Waals surface area (Å²) in [6.07, 6.45) is 3.86. The van der Waals surface area contributed by atoms with Crippen molar-refractivity contribution in [1.82, 2.24) is 5.32 Å². The van der Waals surface area contributed by atoms with Gasteiger partial charge in [-0.05, 0) is 19.3 Å². The van der Waals surface area contributed by atoms with E-state index in [4.69, 9.17) is 5.73 Å². The molecule has 1 aliphatic rings. The third kappa shape index (κ3) is 2.19. The lowest BCUT2D eigenvalue weighted by molar-refractivity contribution is -0.123. The van der Waals surface area contributed by atoms with Crippen molar-refractivity contribution in [2.75, 3.05) is 6.54 Å². The zero-order valence-corrected chi connectivity index (χ0v) is 7.02. The molecule has 1 saturated carbocycles. The van der Waals surface area contributed by atoms with Gasteiger partial charge in [0.15, 0.2) is 0 Å². The molecule has 0 spiro atoms. The summed E-state index contributed by atoms with van der Waals surface area (Å²) in [5.74, 6) is 0.0333. The van der Waals surface area contributed by atoms with Crippen molar-refractivity contribution < 1.29 is 4.79 Å². The maximum absolute atomic E-state index is 11.2. The largest absolute Gasteiger partial charge is 0.355 e. The van der Waals surface area contributed by atoms with E-state index in [-0.39, 0.29) is 5.91 Å². The van der Waals surface area contributed by atoms with E-state index < -0.39 is 5.54 Å². The smallest absolute Gasteiger partial charge is 0.240 e. The maximum atomic E-state index is 11.2. The Bertz CT molecular complexity index is 152. The molecule has 0 aromatic heterocycles. The van der Waals surface area contributed by atoms with Crippen LogP contribution in [0.1, 0.15) is 32.6 Å². The Balaban J connectivity index is 2.12. The van der Waals surface area contributed by atoms with Gasteiger partial charge >= 0.3 is 0 Å². The molecule has 0 saturated heterocycles. The van der Waals surface area contributed by atoms with Gasteiger partial charge in [-0.2, -0.15) is 0 Å². The monoisotopic (exact) mass is 156 g/mol. The molecule has 0 aromatic carbocycles. The van der Waals surface area contributed by atoms with E-state index in [1.807, 2.05) is 0 Å².